The maximum Gasteiger partial charge on any atom is 0.276 e. The molecule has 2 aromatic rings. The van der Waals surface area contributed by atoms with E-state index in [2.05, 4.69) is 10.4 Å². The van der Waals surface area contributed by atoms with Crippen LogP contribution < -0.4 is 14.8 Å². The van der Waals surface area contributed by atoms with Crippen LogP contribution in [0.1, 0.15) is 25.1 Å². The van der Waals surface area contributed by atoms with Crippen molar-refractivity contribution in [1.29, 1.82) is 0 Å². The molecule has 8 heteroatoms. The molecule has 1 aliphatic rings. The van der Waals surface area contributed by atoms with Gasteiger partial charge in [0.15, 0.2) is 16.6 Å². The molecule has 28 heavy (non-hydrogen) atoms. The van der Waals surface area contributed by atoms with Crippen molar-refractivity contribution in [1.82, 2.24) is 20.0 Å². The summed E-state index contributed by atoms with van der Waals surface area (Å²) in [6.45, 7) is 5.49. The van der Waals surface area contributed by atoms with Gasteiger partial charge in [0.25, 0.3) is 5.91 Å². The quantitative estimate of drug-likeness (QED) is 0.543. The molecule has 1 fully saturated rings. The van der Waals surface area contributed by atoms with Gasteiger partial charge >= 0.3 is 0 Å². The third-order valence-electron chi connectivity index (χ3n) is 4.35. The Hall–Kier alpha value is -2.87. The summed E-state index contributed by atoms with van der Waals surface area (Å²) in [5.74, 6) is 1.30. The number of nitrogens with one attached hydrogen (secondary N) is 1. The number of hydrogen-bond donors (Lipinski definition) is 1. The number of ether oxygens (including phenoxy) is 2. The molecule has 1 amide bonds. The van der Waals surface area contributed by atoms with Crippen LogP contribution in [0.25, 0.3) is 6.08 Å². The predicted octanol–water partition coefficient (Wildman–Crippen LogP) is 2.52. The lowest BCUT2D eigenvalue weighted by Crippen LogP contribution is -2.32. The maximum atomic E-state index is 12.7. The summed E-state index contributed by atoms with van der Waals surface area (Å²) in [5, 5.41) is 7.51. The molecule has 0 aliphatic carbocycles. The first-order valence-electron chi connectivity index (χ1n) is 9.24. The molecule has 3 rings (SSSR count). The van der Waals surface area contributed by atoms with Crippen molar-refractivity contribution in [3.8, 4) is 11.5 Å². The van der Waals surface area contributed by atoms with E-state index in [0.29, 0.717) is 42.7 Å². The smallest absolute Gasteiger partial charge is 0.276 e. The molecule has 1 aliphatic heterocycles. The molecule has 0 atom stereocenters. The number of rotatable bonds is 8. The van der Waals surface area contributed by atoms with Crippen LogP contribution in [-0.2, 0) is 18.3 Å². The fraction of sp³-hybridized carbons (Fsp3) is 0.350. The van der Waals surface area contributed by atoms with Gasteiger partial charge in [0.1, 0.15) is 5.70 Å². The SMILES string of the molecule is CCOc1ccc(CCN2C(=O)/C(=C\c3ccnn3C)NC2=S)cc1OCC. The second-order valence-corrected chi connectivity index (χ2v) is 6.61. The van der Waals surface area contributed by atoms with Crippen LogP contribution in [-0.4, -0.2) is 45.5 Å². The van der Waals surface area contributed by atoms with E-state index in [0.717, 1.165) is 17.0 Å². The van der Waals surface area contributed by atoms with Crippen LogP contribution in [0.5, 0.6) is 11.5 Å². The lowest BCUT2D eigenvalue weighted by Gasteiger charge is -2.15. The standard InChI is InChI=1S/C20H24N4O3S/c1-4-26-17-7-6-14(12-18(17)27-5-2)9-11-24-19(25)16(22-20(24)28)13-15-8-10-21-23(15)3/h6-8,10,12-13H,4-5,9,11H2,1-3H3,(H,22,28)/b16-13+. The van der Waals surface area contributed by atoms with Gasteiger partial charge in [-0.15, -0.1) is 0 Å². The fourth-order valence-electron chi connectivity index (χ4n) is 2.94. The first kappa shape index (κ1) is 19.9. The summed E-state index contributed by atoms with van der Waals surface area (Å²) in [7, 11) is 1.82. The molecule has 0 bridgehead atoms. The van der Waals surface area contributed by atoms with Crippen molar-refractivity contribution in [3.05, 3.63) is 47.4 Å². The minimum atomic E-state index is -0.137. The van der Waals surface area contributed by atoms with Crippen LogP contribution >= 0.6 is 12.2 Å². The van der Waals surface area contributed by atoms with Crippen molar-refractivity contribution in [2.75, 3.05) is 19.8 Å². The minimum Gasteiger partial charge on any atom is -0.490 e. The largest absolute Gasteiger partial charge is 0.490 e. The number of benzene rings is 1. The van der Waals surface area contributed by atoms with E-state index < -0.39 is 0 Å². The topological polar surface area (TPSA) is 68.6 Å². The van der Waals surface area contributed by atoms with Gasteiger partial charge < -0.3 is 14.8 Å². The molecule has 7 nitrogen and oxygen atoms in total. The Morgan fingerprint density at radius 2 is 1.93 bits per heavy atom. The average Bonchev–Trinajstić information content (AvgIpc) is 3.19. The highest BCUT2D eigenvalue weighted by Gasteiger charge is 2.30. The molecule has 1 aromatic heterocycles. The van der Waals surface area contributed by atoms with Gasteiger partial charge in [0.2, 0.25) is 0 Å². The summed E-state index contributed by atoms with van der Waals surface area (Å²) in [6, 6.07) is 7.68. The number of aromatic nitrogens is 2. The summed E-state index contributed by atoms with van der Waals surface area (Å²) < 4.78 is 13.0. The van der Waals surface area contributed by atoms with Crippen LogP contribution in [0, 0.1) is 0 Å². The number of amides is 1. The second kappa shape index (κ2) is 8.88. The Bertz CT molecular complexity index is 907. The van der Waals surface area contributed by atoms with Gasteiger partial charge in [0.05, 0.1) is 18.9 Å². The molecule has 1 N–H and O–H groups in total. The Morgan fingerprint density at radius 3 is 2.61 bits per heavy atom. The molecule has 148 valence electrons. The van der Waals surface area contributed by atoms with Gasteiger partial charge in [-0.1, -0.05) is 6.07 Å². The zero-order valence-electron chi connectivity index (χ0n) is 16.3. The van der Waals surface area contributed by atoms with E-state index >= 15 is 0 Å². The van der Waals surface area contributed by atoms with Crippen LogP contribution in [0.15, 0.2) is 36.2 Å². The maximum absolute atomic E-state index is 12.7. The highest BCUT2D eigenvalue weighted by Crippen LogP contribution is 2.29. The van der Waals surface area contributed by atoms with E-state index in [1.54, 1.807) is 21.9 Å². The predicted molar refractivity (Wildman–Crippen MR) is 111 cm³/mol. The Morgan fingerprint density at radius 1 is 1.18 bits per heavy atom. The van der Waals surface area contributed by atoms with Gasteiger partial charge in [-0.3, -0.25) is 14.4 Å². The molecule has 0 radical (unpaired) electrons. The van der Waals surface area contributed by atoms with E-state index in [9.17, 15) is 4.79 Å². The third-order valence-corrected chi connectivity index (χ3v) is 4.67. The first-order valence-corrected chi connectivity index (χ1v) is 9.65. The lowest BCUT2D eigenvalue weighted by atomic mass is 10.1. The van der Waals surface area contributed by atoms with E-state index in [1.807, 2.05) is 45.2 Å². The molecular formula is C20H24N4O3S. The Kier molecular flexibility index (Phi) is 6.30. The zero-order chi connectivity index (χ0) is 20.1. The normalized spacial score (nSPS) is 15.2. The minimum absolute atomic E-state index is 0.137. The van der Waals surface area contributed by atoms with Crippen LogP contribution in [0.3, 0.4) is 0 Å². The zero-order valence-corrected chi connectivity index (χ0v) is 17.1. The lowest BCUT2D eigenvalue weighted by molar-refractivity contribution is -0.122. The molecule has 2 heterocycles. The van der Waals surface area contributed by atoms with Crippen LogP contribution in [0.2, 0.25) is 0 Å². The Labute approximate surface area is 169 Å². The molecule has 0 saturated carbocycles. The number of aryl methyl sites for hydroxylation is 1. The van der Waals surface area contributed by atoms with Gasteiger partial charge in [-0.05, 0) is 62.3 Å². The van der Waals surface area contributed by atoms with Gasteiger partial charge in [-0.2, -0.15) is 5.10 Å². The summed E-state index contributed by atoms with van der Waals surface area (Å²) >= 11 is 5.35. The van der Waals surface area contributed by atoms with E-state index in [1.165, 1.54) is 0 Å². The summed E-state index contributed by atoms with van der Waals surface area (Å²) in [6.07, 6.45) is 4.09. The number of thiocarbonyl (C=S) groups is 1. The molecule has 1 aromatic carbocycles. The van der Waals surface area contributed by atoms with Crippen molar-refractivity contribution in [2.45, 2.75) is 20.3 Å². The number of hydrogen-bond acceptors (Lipinski definition) is 5. The fourth-order valence-corrected chi connectivity index (χ4v) is 3.22. The van der Waals surface area contributed by atoms with Crippen LogP contribution in [0.4, 0.5) is 0 Å². The van der Waals surface area contributed by atoms with Crippen molar-refractivity contribution in [2.24, 2.45) is 7.05 Å². The highest BCUT2D eigenvalue weighted by molar-refractivity contribution is 7.80. The third kappa shape index (κ3) is 4.33. The number of nitrogens with zero attached hydrogens (tertiary/aromatic N) is 3. The molecule has 1 saturated heterocycles. The molecular weight excluding hydrogens is 376 g/mol. The second-order valence-electron chi connectivity index (χ2n) is 6.22. The first-order chi connectivity index (χ1) is 13.5. The average molecular weight is 401 g/mol. The van der Waals surface area contributed by atoms with E-state index in [-0.39, 0.29) is 5.91 Å². The number of carbonyl (C=O) groups is 1. The molecule has 0 spiro atoms. The monoisotopic (exact) mass is 400 g/mol. The van der Waals surface area contributed by atoms with Gasteiger partial charge in [-0.25, -0.2) is 0 Å². The molecule has 0 unspecified atom stereocenters. The van der Waals surface area contributed by atoms with Crippen molar-refractivity contribution in [3.63, 3.8) is 0 Å². The highest BCUT2D eigenvalue weighted by atomic mass is 32.1. The van der Waals surface area contributed by atoms with Crippen molar-refractivity contribution < 1.29 is 14.3 Å². The van der Waals surface area contributed by atoms with E-state index in [4.69, 9.17) is 21.7 Å². The summed E-state index contributed by atoms with van der Waals surface area (Å²) in [4.78, 5) is 14.3. The van der Waals surface area contributed by atoms with Gasteiger partial charge in [0, 0.05) is 19.8 Å². The summed E-state index contributed by atoms with van der Waals surface area (Å²) in [5.41, 5.74) is 2.33. The Balaban J connectivity index is 1.70. The number of carbonyl (C=O) groups excluding carboxylic acids is 1. The van der Waals surface area contributed by atoms with Crippen molar-refractivity contribution >= 4 is 29.3 Å².